The lowest BCUT2D eigenvalue weighted by Crippen LogP contribution is -1.81. The summed E-state index contributed by atoms with van der Waals surface area (Å²) in [6.07, 6.45) is 3.47. The molecule has 0 saturated carbocycles. The molecule has 0 bridgehead atoms. The molecule has 0 unspecified atom stereocenters. The molecule has 1 aromatic carbocycles. The highest BCUT2D eigenvalue weighted by Crippen LogP contribution is 2.18. The van der Waals surface area contributed by atoms with Crippen LogP contribution in [0.5, 0.6) is 0 Å². The lowest BCUT2D eigenvalue weighted by Gasteiger charge is -1.93. The highest BCUT2D eigenvalue weighted by atomic mass is 15.2. The van der Waals surface area contributed by atoms with E-state index in [1.54, 1.807) is 12.4 Å². The Labute approximate surface area is 98.4 Å². The minimum atomic E-state index is 0.706. The first kappa shape index (κ1) is 9.72. The smallest absolute Gasteiger partial charge is 0.181 e. The minimum absolute atomic E-state index is 0.706. The second-order valence-electron chi connectivity index (χ2n) is 3.61. The fourth-order valence-corrected chi connectivity index (χ4v) is 1.62. The standard InChI is InChI=1S/C13H10N4/c1-2-4-10(5-3-1)12-15-13(17-16-12)11-6-8-14-9-7-11/h1-9H,(H,15,16,17). The number of nitrogens with zero attached hydrogens (tertiary/aromatic N) is 3. The van der Waals surface area contributed by atoms with E-state index in [0.29, 0.717) is 5.82 Å². The van der Waals surface area contributed by atoms with Crippen LogP contribution < -0.4 is 0 Å². The third-order valence-corrected chi connectivity index (χ3v) is 2.47. The Morgan fingerprint density at radius 1 is 0.824 bits per heavy atom. The van der Waals surface area contributed by atoms with Crippen LogP contribution in [0, 0.1) is 0 Å². The van der Waals surface area contributed by atoms with Crippen molar-refractivity contribution in [1.82, 2.24) is 20.2 Å². The Bertz CT molecular complexity index is 548. The molecule has 0 amide bonds. The largest absolute Gasteiger partial charge is 0.265 e. The number of aromatic nitrogens is 4. The Morgan fingerprint density at radius 2 is 1.59 bits per heavy atom. The number of aromatic amines is 1. The zero-order valence-electron chi connectivity index (χ0n) is 9.04. The number of hydrogen-bond acceptors (Lipinski definition) is 3. The van der Waals surface area contributed by atoms with Crippen LogP contribution in [0.25, 0.3) is 22.8 Å². The first-order valence-electron chi connectivity index (χ1n) is 5.32. The van der Waals surface area contributed by atoms with Crippen LogP contribution in [0.1, 0.15) is 0 Å². The monoisotopic (exact) mass is 222 g/mol. The summed E-state index contributed by atoms with van der Waals surface area (Å²) >= 11 is 0. The molecule has 0 radical (unpaired) electrons. The van der Waals surface area contributed by atoms with Gasteiger partial charge < -0.3 is 0 Å². The van der Waals surface area contributed by atoms with Crippen molar-refractivity contribution in [3.8, 4) is 22.8 Å². The SMILES string of the molecule is c1ccc(-c2n[nH]c(-c3ccncc3)n2)cc1. The Morgan fingerprint density at radius 3 is 2.35 bits per heavy atom. The Hall–Kier alpha value is -2.49. The molecule has 1 N–H and O–H groups in total. The molecular weight excluding hydrogens is 212 g/mol. The van der Waals surface area contributed by atoms with Crippen molar-refractivity contribution in [3.05, 3.63) is 54.9 Å². The van der Waals surface area contributed by atoms with Crippen LogP contribution in [-0.2, 0) is 0 Å². The van der Waals surface area contributed by atoms with Crippen molar-refractivity contribution in [2.75, 3.05) is 0 Å². The fourth-order valence-electron chi connectivity index (χ4n) is 1.62. The third-order valence-electron chi connectivity index (χ3n) is 2.47. The van der Waals surface area contributed by atoms with Crippen molar-refractivity contribution >= 4 is 0 Å². The highest BCUT2D eigenvalue weighted by molar-refractivity contribution is 5.60. The van der Waals surface area contributed by atoms with Crippen LogP contribution in [-0.4, -0.2) is 20.2 Å². The van der Waals surface area contributed by atoms with Crippen LogP contribution in [0.15, 0.2) is 54.9 Å². The van der Waals surface area contributed by atoms with E-state index in [0.717, 1.165) is 17.0 Å². The second kappa shape index (κ2) is 4.17. The van der Waals surface area contributed by atoms with Gasteiger partial charge in [0.05, 0.1) is 0 Å². The number of benzene rings is 1. The van der Waals surface area contributed by atoms with E-state index in [4.69, 9.17) is 0 Å². The summed E-state index contributed by atoms with van der Waals surface area (Å²) in [7, 11) is 0. The lowest BCUT2D eigenvalue weighted by atomic mass is 10.2. The van der Waals surface area contributed by atoms with E-state index in [9.17, 15) is 0 Å². The summed E-state index contributed by atoms with van der Waals surface area (Å²) in [5.74, 6) is 1.46. The average Bonchev–Trinajstić information content (AvgIpc) is 2.90. The molecule has 0 atom stereocenters. The molecule has 17 heavy (non-hydrogen) atoms. The maximum atomic E-state index is 4.46. The fraction of sp³-hybridized carbons (Fsp3) is 0. The van der Waals surface area contributed by atoms with Crippen molar-refractivity contribution in [2.45, 2.75) is 0 Å². The van der Waals surface area contributed by atoms with E-state index in [2.05, 4.69) is 20.2 Å². The van der Waals surface area contributed by atoms with Gasteiger partial charge in [0.2, 0.25) is 0 Å². The van der Waals surface area contributed by atoms with Gasteiger partial charge in [-0.2, -0.15) is 5.10 Å². The molecule has 2 aromatic heterocycles. The molecule has 4 heteroatoms. The van der Waals surface area contributed by atoms with Gasteiger partial charge in [0.25, 0.3) is 0 Å². The van der Waals surface area contributed by atoms with Crippen molar-refractivity contribution in [2.24, 2.45) is 0 Å². The van der Waals surface area contributed by atoms with Gasteiger partial charge in [-0.05, 0) is 12.1 Å². The second-order valence-corrected chi connectivity index (χ2v) is 3.61. The van der Waals surface area contributed by atoms with Gasteiger partial charge in [0.1, 0.15) is 0 Å². The quantitative estimate of drug-likeness (QED) is 0.724. The molecule has 0 fully saturated rings. The molecule has 82 valence electrons. The predicted molar refractivity (Wildman–Crippen MR) is 65.0 cm³/mol. The topological polar surface area (TPSA) is 54.5 Å². The summed E-state index contributed by atoms with van der Waals surface area (Å²) in [5.41, 5.74) is 1.98. The normalized spacial score (nSPS) is 10.4. The zero-order chi connectivity index (χ0) is 11.5. The van der Waals surface area contributed by atoms with Gasteiger partial charge in [-0.15, -0.1) is 0 Å². The summed E-state index contributed by atoms with van der Waals surface area (Å²) in [4.78, 5) is 8.43. The molecule has 4 nitrogen and oxygen atoms in total. The van der Waals surface area contributed by atoms with Crippen LogP contribution >= 0.6 is 0 Å². The summed E-state index contributed by atoms with van der Waals surface area (Å²) in [6, 6.07) is 13.7. The first-order valence-corrected chi connectivity index (χ1v) is 5.32. The Kier molecular flexibility index (Phi) is 2.38. The average molecular weight is 222 g/mol. The number of hydrogen-bond donors (Lipinski definition) is 1. The molecule has 0 aliphatic heterocycles. The molecule has 0 aliphatic rings. The van der Waals surface area contributed by atoms with E-state index in [1.165, 1.54) is 0 Å². The molecule has 2 heterocycles. The zero-order valence-corrected chi connectivity index (χ0v) is 9.04. The van der Waals surface area contributed by atoms with Gasteiger partial charge >= 0.3 is 0 Å². The van der Waals surface area contributed by atoms with Gasteiger partial charge in [0, 0.05) is 23.5 Å². The van der Waals surface area contributed by atoms with E-state index in [1.807, 2.05) is 42.5 Å². The van der Waals surface area contributed by atoms with Crippen LogP contribution in [0.4, 0.5) is 0 Å². The van der Waals surface area contributed by atoms with Crippen molar-refractivity contribution in [3.63, 3.8) is 0 Å². The van der Waals surface area contributed by atoms with Crippen molar-refractivity contribution in [1.29, 1.82) is 0 Å². The Balaban J connectivity index is 1.99. The predicted octanol–water partition coefficient (Wildman–Crippen LogP) is 2.53. The maximum absolute atomic E-state index is 4.46. The highest BCUT2D eigenvalue weighted by Gasteiger charge is 2.06. The third kappa shape index (κ3) is 1.92. The molecular formula is C13H10N4. The molecule has 3 aromatic rings. The maximum Gasteiger partial charge on any atom is 0.181 e. The number of pyridine rings is 1. The molecule has 0 spiro atoms. The van der Waals surface area contributed by atoms with E-state index < -0.39 is 0 Å². The van der Waals surface area contributed by atoms with Gasteiger partial charge in [-0.3, -0.25) is 10.1 Å². The van der Waals surface area contributed by atoms with Gasteiger partial charge in [-0.1, -0.05) is 30.3 Å². The lowest BCUT2D eigenvalue weighted by molar-refractivity contribution is 1.10. The van der Waals surface area contributed by atoms with Gasteiger partial charge in [0.15, 0.2) is 11.6 Å². The minimum Gasteiger partial charge on any atom is -0.265 e. The summed E-state index contributed by atoms with van der Waals surface area (Å²) in [6.45, 7) is 0. The molecule has 0 aliphatic carbocycles. The van der Waals surface area contributed by atoms with Gasteiger partial charge in [-0.25, -0.2) is 4.98 Å². The first-order chi connectivity index (χ1) is 8.43. The number of rotatable bonds is 2. The van der Waals surface area contributed by atoms with Crippen LogP contribution in [0.2, 0.25) is 0 Å². The molecule has 0 saturated heterocycles. The summed E-state index contributed by atoms with van der Waals surface area (Å²) in [5, 5.41) is 7.14. The van der Waals surface area contributed by atoms with E-state index >= 15 is 0 Å². The van der Waals surface area contributed by atoms with Crippen LogP contribution in [0.3, 0.4) is 0 Å². The van der Waals surface area contributed by atoms with Crippen molar-refractivity contribution < 1.29 is 0 Å². The number of nitrogens with one attached hydrogen (secondary N) is 1. The number of H-pyrrole nitrogens is 1. The van der Waals surface area contributed by atoms with E-state index in [-0.39, 0.29) is 0 Å². The molecule has 3 rings (SSSR count). The summed E-state index contributed by atoms with van der Waals surface area (Å²) < 4.78 is 0.